The Morgan fingerprint density at radius 1 is 0.340 bits per heavy atom. The molecule has 10 heteroatoms. The van der Waals surface area contributed by atoms with Crippen LogP contribution in [0.3, 0.4) is 0 Å². The second-order valence-electron chi connectivity index (χ2n) is 13.2. The summed E-state index contributed by atoms with van der Waals surface area (Å²) < 4.78 is 11.9. The van der Waals surface area contributed by atoms with Crippen molar-refractivity contribution in [3.63, 3.8) is 0 Å². The highest BCUT2D eigenvalue weighted by molar-refractivity contribution is 7.99. The summed E-state index contributed by atoms with van der Waals surface area (Å²) in [6.45, 7) is 2.75. The monoisotopic (exact) mass is 748 g/mol. The van der Waals surface area contributed by atoms with Crippen molar-refractivity contribution in [1.29, 1.82) is 0 Å². The Balaban J connectivity index is 1.44. The molecule has 0 saturated carbocycles. The Morgan fingerprint density at radius 2 is 0.540 bits per heavy atom. The zero-order valence-corrected chi connectivity index (χ0v) is 31.4. The average Bonchev–Trinajstić information content (AvgIpc) is 3.09. The first-order chi connectivity index (χ1) is 24.4. The fourth-order valence-corrected chi connectivity index (χ4v) is 10.1. The van der Waals surface area contributed by atoms with Crippen LogP contribution in [0.1, 0.15) is 66.8 Å². The van der Waals surface area contributed by atoms with Crippen molar-refractivity contribution in [3.05, 3.63) is 115 Å². The predicted octanol–water partition coefficient (Wildman–Crippen LogP) is 8.18. The number of rotatable bonds is 0. The molecule has 2 heterocycles. The molecule has 4 aromatic carbocycles. The standard InChI is InChI=1S/C40H44O6S4/c41-37-29-9-25-13-33(37)19-35-15-27-11-31(39(35)43)18-32-12-28(24-50-8-4-46-3-7-49-23-27)16-36(40(32)44)20-34-14-26(10-30(17-29)38(34)42)22-48-6-2-45-1-5-47-21-25/h9-16,41-44H,1-8,17-24H2. The fraction of sp³-hybridized carbons (Fsp3) is 0.400. The Labute approximate surface area is 311 Å². The van der Waals surface area contributed by atoms with Crippen molar-refractivity contribution in [2.45, 2.75) is 48.7 Å². The zero-order valence-electron chi connectivity index (χ0n) is 28.2. The summed E-state index contributed by atoms with van der Waals surface area (Å²) in [6, 6.07) is 16.5. The van der Waals surface area contributed by atoms with Crippen LogP contribution in [0, 0.1) is 0 Å². The Hall–Kier alpha value is -2.60. The van der Waals surface area contributed by atoms with Gasteiger partial charge in [0, 0.05) is 71.7 Å². The molecule has 0 amide bonds. The van der Waals surface area contributed by atoms with E-state index in [0.717, 1.165) is 113 Å². The molecule has 0 radical (unpaired) electrons. The molecule has 264 valence electrons. The van der Waals surface area contributed by atoms with Crippen molar-refractivity contribution in [1.82, 2.24) is 0 Å². The number of thioether (sulfide) groups is 4. The van der Waals surface area contributed by atoms with Gasteiger partial charge in [-0.15, -0.1) is 0 Å². The quantitative estimate of drug-likeness (QED) is 0.124. The number of hydrogen-bond donors (Lipinski definition) is 4. The highest BCUT2D eigenvalue weighted by Gasteiger charge is 2.22. The van der Waals surface area contributed by atoms with Gasteiger partial charge in [-0.25, -0.2) is 0 Å². The summed E-state index contributed by atoms with van der Waals surface area (Å²) >= 11 is 7.23. The summed E-state index contributed by atoms with van der Waals surface area (Å²) in [5, 5.41) is 47.5. The molecule has 0 aromatic heterocycles. The van der Waals surface area contributed by atoms with E-state index >= 15 is 0 Å². The minimum atomic E-state index is 0.202. The molecular formula is C40H44O6S4. The molecule has 4 N–H and O–H groups in total. The van der Waals surface area contributed by atoms with Crippen molar-refractivity contribution in [2.75, 3.05) is 49.4 Å². The summed E-state index contributed by atoms with van der Waals surface area (Å²) in [5.41, 5.74) is 10.4. The average molecular weight is 749 g/mol. The van der Waals surface area contributed by atoms with Crippen LogP contribution in [0.15, 0.2) is 48.5 Å². The minimum absolute atomic E-state index is 0.202. The van der Waals surface area contributed by atoms with E-state index in [2.05, 4.69) is 48.5 Å². The van der Waals surface area contributed by atoms with E-state index in [1.807, 2.05) is 0 Å². The van der Waals surface area contributed by atoms with Crippen LogP contribution in [0.5, 0.6) is 23.0 Å². The van der Waals surface area contributed by atoms with Crippen molar-refractivity contribution in [3.8, 4) is 23.0 Å². The third-order valence-electron chi connectivity index (χ3n) is 9.40. The lowest BCUT2D eigenvalue weighted by molar-refractivity contribution is 0.167. The SMILES string of the molecule is Oc1c2cc3cc1Cc1cc4cc(c1O)Cc1cc(cc(c1O)Cc1cc(cc(c1O)C2)CSCCOCCSC3)CSCCOCCSC4. The number of aromatic hydroxyl groups is 4. The Kier molecular flexibility index (Phi) is 12.0. The maximum atomic E-state index is 11.9. The highest BCUT2D eigenvalue weighted by Crippen LogP contribution is 2.40. The third-order valence-corrected chi connectivity index (χ3v) is 13.4. The molecule has 0 spiro atoms. The van der Waals surface area contributed by atoms with Gasteiger partial charge in [0.25, 0.3) is 0 Å². The summed E-state index contributed by atoms with van der Waals surface area (Å²) in [7, 11) is 0. The zero-order chi connectivity index (χ0) is 34.5. The maximum absolute atomic E-state index is 11.9. The van der Waals surface area contributed by atoms with Crippen molar-refractivity contribution >= 4 is 47.0 Å². The molecule has 0 atom stereocenters. The molecule has 4 aromatic rings. The number of fused-ring (bicyclic) bond motifs is 8. The number of ether oxygens (including phenoxy) is 2. The van der Waals surface area contributed by atoms with Crippen LogP contribution in [-0.4, -0.2) is 69.9 Å². The summed E-state index contributed by atoms with van der Waals surface area (Å²) in [4.78, 5) is 0. The van der Waals surface area contributed by atoms with E-state index < -0.39 is 0 Å². The van der Waals surface area contributed by atoms with E-state index in [0.29, 0.717) is 52.1 Å². The molecule has 7 rings (SSSR count). The maximum Gasteiger partial charge on any atom is 0.122 e. The molecule has 0 unspecified atom stereocenters. The molecule has 3 aliphatic rings. The van der Waals surface area contributed by atoms with Gasteiger partial charge in [0.05, 0.1) is 26.4 Å². The number of benzene rings is 4. The second-order valence-corrected chi connectivity index (χ2v) is 17.6. The summed E-state index contributed by atoms with van der Waals surface area (Å²) in [5.74, 6) is 7.37. The molecule has 50 heavy (non-hydrogen) atoms. The molecular weight excluding hydrogens is 705 g/mol. The Bertz CT molecular complexity index is 1580. The predicted molar refractivity (Wildman–Crippen MR) is 210 cm³/mol. The van der Waals surface area contributed by atoms with E-state index in [4.69, 9.17) is 9.47 Å². The second kappa shape index (κ2) is 16.8. The highest BCUT2D eigenvalue weighted by atomic mass is 32.2. The molecule has 0 saturated heterocycles. The number of phenolic OH excluding ortho intramolecular Hbond substituents is 4. The van der Waals surface area contributed by atoms with E-state index in [-0.39, 0.29) is 23.0 Å². The molecule has 1 aliphatic carbocycles. The first kappa shape index (κ1) is 35.8. The van der Waals surface area contributed by atoms with Gasteiger partial charge in [-0.2, -0.15) is 47.0 Å². The van der Waals surface area contributed by atoms with Crippen LogP contribution in [0.4, 0.5) is 0 Å². The first-order valence-corrected chi connectivity index (χ1v) is 21.8. The smallest absolute Gasteiger partial charge is 0.122 e. The minimum Gasteiger partial charge on any atom is -0.507 e. The van der Waals surface area contributed by atoms with Crippen LogP contribution in [0.25, 0.3) is 0 Å². The van der Waals surface area contributed by atoms with Gasteiger partial charge >= 0.3 is 0 Å². The van der Waals surface area contributed by atoms with Crippen LogP contribution in [-0.2, 0) is 58.2 Å². The molecule has 6 nitrogen and oxygen atoms in total. The van der Waals surface area contributed by atoms with E-state index in [1.165, 1.54) is 0 Å². The topological polar surface area (TPSA) is 99.4 Å². The number of hydrogen-bond acceptors (Lipinski definition) is 10. The normalized spacial score (nSPS) is 17.8. The number of phenols is 4. The van der Waals surface area contributed by atoms with Crippen LogP contribution >= 0.6 is 47.0 Å². The van der Waals surface area contributed by atoms with Gasteiger partial charge in [0.1, 0.15) is 23.0 Å². The fourth-order valence-electron chi connectivity index (χ4n) is 7.00. The third kappa shape index (κ3) is 8.70. The lowest BCUT2D eigenvalue weighted by atomic mass is 9.89. The van der Waals surface area contributed by atoms with Gasteiger partial charge in [0.15, 0.2) is 0 Å². The van der Waals surface area contributed by atoms with Crippen molar-refractivity contribution < 1.29 is 29.9 Å². The van der Waals surface area contributed by atoms with Gasteiger partial charge in [-0.05, 0) is 66.8 Å². The lowest BCUT2D eigenvalue weighted by Crippen LogP contribution is -2.06. The van der Waals surface area contributed by atoms with Crippen LogP contribution in [0.2, 0.25) is 0 Å². The lowest BCUT2D eigenvalue weighted by Gasteiger charge is -2.20. The summed E-state index contributed by atoms with van der Waals surface area (Å²) in [6.07, 6.45) is 1.43. The largest absolute Gasteiger partial charge is 0.507 e. The van der Waals surface area contributed by atoms with Gasteiger partial charge in [-0.1, -0.05) is 48.5 Å². The molecule has 2 aliphatic heterocycles. The molecule has 0 fully saturated rings. The van der Waals surface area contributed by atoms with Gasteiger partial charge in [-0.3, -0.25) is 0 Å². The molecule has 12 bridgehead atoms. The van der Waals surface area contributed by atoms with Gasteiger partial charge < -0.3 is 29.9 Å². The van der Waals surface area contributed by atoms with E-state index in [1.54, 1.807) is 47.0 Å². The van der Waals surface area contributed by atoms with Crippen LogP contribution < -0.4 is 0 Å². The Morgan fingerprint density at radius 3 is 0.740 bits per heavy atom. The van der Waals surface area contributed by atoms with Gasteiger partial charge in [0.2, 0.25) is 0 Å². The first-order valence-electron chi connectivity index (χ1n) is 17.2. The van der Waals surface area contributed by atoms with Crippen molar-refractivity contribution in [2.24, 2.45) is 0 Å². The van der Waals surface area contributed by atoms with E-state index in [9.17, 15) is 20.4 Å².